The smallest absolute Gasteiger partial charge is 0.239 e. The number of rotatable bonds is 6. The second-order valence-electron chi connectivity index (χ2n) is 5.81. The summed E-state index contributed by atoms with van der Waals surface area (Å²) in [7, 11) is 0. The van der Waals surface area contributed by atoms with Crippen molar-refractivity contribution in [2.24, 2.45) is 0 Å². The molecule has 0 spiro atoms. The van der Waals surface area contributed by atoms with Gasteiger partial charge >= 0.3 is 0 Å². The van der Waals surface area contributed by atoms with Gasteiger partial charge < -0.3 is 15.0 Å². The molecule has 1 amide bonds. The maximum atomic E-state index is 12.2. The van der Waals surface area contributed by atoms with E-state index in [-0.39, 0.29) is 5.91 Å². The molecule has 1 aliphatic rings. The lowest BCUT2D eigenvalue weighted by Gasteiger charge is -2.30. The van der Waals surface area contributed by atoms with E-state index in [1.165, 1.54) is 11.3 Å². The fraction of sp³-hybridized carbons (Fsp3) is 0.316. The van der Waals surface area contributed by atoms with E-state index in [9.17, 15) is 4.79 Å². The molecule has 0 bridgehead atoms. The number of aryl methyl sites for hydroxylation is 1. The number of carbonyl (C=O) groups excluding carboxylic acids is 1. The number of anilines is 1. The minimum Gasteiger partial charge on any atom is -0.492 e. The lowest BCUT2D eigenvalue weighted by molar-refractivity contribution is -0.119. The standard InChI is InChI=1S/C19H21ClN2O2/c20-16-7-9-17(10-8-16)24-13-11-21-19(23)14-22-12-3-5-15-4-1-2-6-18(15)22/h1-2,4,6-10H,3,5,11-14H2,(H,21,23). The van der Waals surface area contributed by atoms with Gasteiger partial charge in [0, 0.05) is 17.3 Å². The highest BCUT2D eigenvalue weighted by atomic mass is 35.5. The Hall–Kier alpha value is -2.20. The van der Waals surface area contributed by atoms with Gasteiger partial charge in [-0.15, -0.1) is 0 Å². The molecular weight excluding hydrogens is 324 g/mol. The number of fused-ring (bicyclic) bond motifs is 1. The van der Waals surface area contributed by atoms with Crippen LogP contribution in [0.15, 0.2) is 48.5 Å². The molecule has 1 N–H and O–H groups in total. The van der Waals surface area contributed by atoms with Crippen LogP contribution in [0, 0.1) is 0 Å². The summed E-state index contributed by atoms with van der Waals surface area (Å²) in [5.41, 5.74) is 2.50. The predicted molar refractivity (Wildman–Crippen MR) is 96.9 cm³/mol. The first-order valence-electron chi connectivity index (χ1n) is 8.20. The molecule has 4 nitrogen and oxygen atoms in total. The number of hydrogen-bond acceptors (Lipinski definition) is 3. The van der Waals surface area contributed by atoms with Gasteiger partial charge in [0.2, 0.25) is 5.91 Å². The monoisotopic (exact) mass is 344 g/mol. The van der Waals surface area contributed by atoms with Crippen molar-refractivity contribution in [1.29, 1.82) is 0 Å². The highest BCUT2D eigenvalue weighted by Crippen LogP contribution is 2.26. The number of carbonyl (C=O) groups is 1. The average molecular weight is 345 g/mol. The maximum Gasteiger partial charge on any atom is 0.239 e. The summed E-state index contributed by atoms with van der Waals surface area (Å²) in [4.78, 5) is 14.3. The highest BCUT2D eigenvalue weighted by molar-refractivity contribution is 6.30. The summed E-state index contributed by atoms with van der Waals surface area (Å²) in [5, 5.41) is 3.59. The summed E-state index contributed by atoms with van der Waals surface area (Å²) in [6.07, 6.45) is 2.17. The second kappa shape index (κ2) is 8.06. The zero-order chi connectivity index (χ0) is 16.8. The first kappa shape index (κ1) is 16.7. The van der Waals surface area contributed by atoms with Gasteiger partial charge in [-0.1, -0.05) is 29.8 Å². The van der Waals surface area contributed by atoms with E-state index in [0.29, 0.717) is 24.7 Å². The van der Waals surface area contributed by atoms with Gasteiger partial charge in [-0.05, 0) is 48.7 Å². The van der Waals surface area contributed by atoms with Crippen molar-refractivity contribution in [3.63, 3.8) is 0 Å². The summed E-state index contributed by atoms with van der Waals surface area (Å²) >= 11 is 5.83. The number of amides is 1. The molecule has 5 heteroatoms. The Morgan fingerprint density at radius 1 is 1.17 bits per heavy atom. The first-order chi connectivity index (χ1) is 11.7. The SMILES string of the molecule is O=C(CN1CCCc2ccccc21)NCCOc1ccc(Cl)cc1. The number of halogens is 1. The summed E-state index contributed by atoms with van der Waals surface area (Å²) in [6.45, 7) is 2.23. The van der Waals surface area contributed by atoms with Gasteiger partial charge in [0.1, 0.15) is 12.4 Å². The van der Waals surface area contributed by atoms with E-state index in [0.717, 1.165) is 25.1 Å². The molecule has 0 saturated heterocycles. The Bertz CT molecular complexity index is 688. The number of hydrogen-bond donors (Lipinski definition) is 1. The van der Waals surface area contributed by atoms with E-state index < -0.39 is 0 Å². The topological polar surface area (TPSA) is 41.6 Å². The molecule has 126 valence electrons. The Kier molecular flexibility index (Phi) is 5.59. The Morgan fingerprint density at radius 3 is 2.79 bits per heavy atom. The number of benzene rings is 2. The van der Waals surface area contributed by atoms with E-state index in [1.54, 1.807) is 12.1 Å². The largest absolute Gasteiger partial charge is 0.492 e. The van der Waals surface area contributed by atoms with Crippen LogP contribution in [0.2, 0.25) is 5.02 Å². The number of para-hydroxylation sites is 1. The molecule has 0 aliphatic carbocycles. The minimum absolute atomic E-state index is 0.0198. The normalized spacial score (nSPS) is 13.3. The first-order valence-corrected chi connectivity index (χ1v) is 8.58. The van der Waals surface area contributed by atoms with Crippen molar-refractivity contribution in [2.45, 2.75) is 12.8 Å². The van der Waals surface area contributed by atoms with Crippen LogP contribution in [0.3, 0.4) is 0 Å². The Balaban J connectivity index is 1.42. The molecule has 1 heterocycles. The molecule has 0 fully saturated rings. The van der Waals surface area contributed by atoms with Gasteiger partial charge in [0.05, 0.1) is 13.1 Å². The molecule has 0 atom stereocenters. The number of nitrogens with zero attached hydrogens (tertiary/aromatic N) is 1. The third-order valence-electron chi connectivity index (χ3n) is 4.05. The zero-order valence-corrected chi connectivity index (χ0v) is 14.3. The molecule has 1 aliphatic heterocycles. The summed E-state index contributed by atoms with van der Waals surface area (Å²) in [6, 6.07) is 15.5. The van der Waals surface area contributed by atoms with Crippen LogP contribution >= 0.6 is 11.6 Å². The lowest BCUT2D eigenvalue weighted by atomic mass is 10.0. The molecule has 0 radical (unpaired) electrons. The fourth-order valence-corrected chi connectivity index (χ4v) is 3.02. The van der Waals surface area contributed by atoms with E-state index in [4.69, 9.17) is 16.3 Å². The van der Waals surface area contributed by atoms with Crippen LogP contribution in [0.4, 0.5) is 5.69 Å². The van der Waals surface area contributed by atoms with Crippen LogP contribution in [0.5, 0.6) is 5.75 Å². The van der Waals surface area contributed by atoms with Crippen molar-refractivity contribution in [2.75, 3.05) is 31.1 Å². The van der Waals surface area contributed by atoms with Crippen LogP contribution in [0.1, 0.15) is 12.0 Å². The predicted octanol–water partition coefficient (Wildman–Crippen LogP) is 3.29. The van der Waals surface area contributed by atoms with Crippen LogP contribution in [-0.4, -0.2) is 32.1 Å². The highest BCUT2D eigenvalue weighted by Gasteiger charge is 2.18. The third kappa shape index (κ3) is 4.42. The van der Waals surface area contributed by atoms with Gasteiger partial charge in [0.15, 0.2) is 0 Å². The quantitative estimate of drug-likeness (QED) is 0.818. The van der Waals surface area contributed by atoms with Gasteiger partial charge in [-0.2, -0.15) is 0 Å². The number of nitrogens with one attached hydrogen (secondary N) is 1. The van der Waals surface area contributed by atoms with Crippen molar-refractivity contribution < 1.29 is 9.53 Å². The van der Waals surface area contributed by atoms with Gasteiger partial charge in [-0.25, -0.2) is 0 Å². The Morgan fingerprint density at radius 2 is 1.96 bits per heavy atom. The Labute approximate surface area is 147 Å². The lowest BCUT2D eigenvalue weighted by Crippen LogP contribution is -2.40. The van der Waals surface area contributed by atoms with Crippen LogP contribution < -0.4 is 15.0 Å². The van der Waals surface area contributed by atoms with E-state index in [2.05, 4.69) is 28.4 Å². The zero-order valence-electron chi connectivity index (χ0n) is 13.5. The minimum atomic E-state index is 0.0198. The fourth-order valence-electron chi connectivity index (χ4n) is 2.90. The van der Waals surface area contributed by atoms with Gasteiger partial charge in [-0.3, -0.25) is 4.79 Å². The van der Waals surface area contributed by atoms with Crippen LogP contribution in [0.25, 0.3) is 0 Å². The molecule has 0 saturated carbocycles. The molecule has 2 aromatic carbocycles. The molecule has 3 rings (SSSR count). The van der Waals surface area contributed by atoms with Crippen molar-refractivity contribution >= 4 is 23.2 Å². The van der Waals surface area contributed by atoms with E-state index >= 15 is 0 Å². The van der Waals surface area contributed by atoms with Crippen LogP contribution in [-0.2, 0) is 11.2 Å². The molecule has 0 unspecified atom stereocenters. The van der Waals surface area contributed by atoms with Crippen molar-refractivity contribution in [3.05, 3.63) is 59.1 Å². The summed E-state index contributed by atoms with van der Waals surface area (Å²) < 4.78 is 5.57. The third-order valence-corrected chi connectivity index (χ3v) is 4.30. The molecule has 0 aromatic heterocycles. The average Bonchev–Trinajstić information content (AvgIpc) is 2.61. The molecule has 24 heavy (non-hydrogen) atoms. The molecule has 2 aromatic rings. The van der Waals surface area contributed by atoms with Crippen molar-refractivity contribution in [3.8, 4) is 5.75 Å². The number of ether oxygens (including phenoxy) is 1. The molecular formula is C19H21ClN2O2. The van der Waals surface area contributed by atoms with E-state index in [1.807, 2.05) is 18.2 Å². The summed E-state index contributed by atoms with van der Waals surface area (Å²) in [5.74, 6) is 0.769. The second-order valence-corrected chi connectivity index (χ2v) is 6.24. The van der Waals surface area contributed by atoms with Crippen molar-refractivity contribution in [1.82, 2.24) is 5.32 Å². The van der Waals surface area contributed by atoms with Gasteiger partial charge in [0.25, 0.3) is 0 Å². The maximum absolute atomic E-state index is 12.2.